The van der Waals surface area contributed by atoms with E-state index in [1.165, 1.54) is 24.1 Å². The molecule has 2 rings (SSSR count). The summed E-state index contributed by atoms with van der Waals surface area (Å²) in [4.78, 5) is 26.9. The van der Waals surface area contributed by atoms with Crippen molar-refractivity contribution in [2.75, 3.05) is 30.8 Å². The Morgan fingerprint density at radius 1 is 1.20 bits per heavy atom. The number of hydrogen-bond donors (Lipinski definition) is 1. The number of carbonyl (C=O) groups is 2. The minimum absolute atomic E-state index is 0.0102. The van der Waals surface area contributed by atoms with Crippen LogP contribution in [-0.2, 0) is 26.2 Å². The van der Waals surface area contributed by atoms with Gasteiger partial charge in [-0.05, 0) is 44.5 Å². The van der Waals surface area contributed by atoms with Crippen molar-refractivity contribution in [2.24, 2.45) is 0 Å². The molecule has 0 bridgehead atoms. The Bertz CT molecular complexity index is 1150. The molecule has 0 aliphatic heterocycles. The van der Waals surface area contributed by atoms with Crippen molar-refractivity contribution in [1.82, 2.24) is 10.2 Å². The molecule has 0 aliphatic carbocycles. The number of anilines is 1. The number of likely N-dealkylation sites (N-methyl/N-ethyl adjacent to an activating group) is 1. The van der Waals surface area contributed by atoms with Crippen LogP contribution in [0.2, 0.25) is 5.02 Å². The number of rotatable bonds is 12. The molecule has 1 atom stereocenters. The molecule has 192 valence electrons. The molecule has 2 aromatic rings. The van der Waals surface area contributed by atoms with E-state index in [1.807, 2.05) is 0 Å². The maximum atomic E-state index is 14.3. The molecule has 2 amide bonds. The summed E-state index contributed by atoms with van der Waals surface area (Å²) in [6.45, 7) is 3.65. The minimum atomic E-state index is -3.67. The van der Waals surface area contributed by atoms with Gasteiger partial charge in [0, 0.05) is 31.6 Å². The van der Waals surface area contributed by atoms with Gasteiger partial charge in [-0.1, -0.05) is 29.8 Å². The lowest BCUT2D eigenvalue weighted by Crippen LogP contribution is -2.47. The predicted octanol–water partition coefficient (Wildman–Crippen LogP) is 3.59. The lowest BCUT2D eigenvalue weighted by Gasteiger charge is -2.29. The van der Waals surface area contributed by atoms with Crippen molar-refractivity contribution in [3.8, 4) is 5.75 Å². The number of benzene rings is 2. The molecule has 1 unspecified atom stereocenters. The summed E-state index contributed by atoms with van der Waals surface area (Å²) in [5, 5.41) is 2.93. The number of ether oxygens (including phenoxy) is 1. The van der Waals surface area contributed by atoms with Gasteiger partial charge in [0.25, 0.3) is 0 Å². The number of nitrogens with one attached hydrogen (secondary N) is 1. The SMILES string of the molecule is CCNC(=O)C(C)N(Cc1ccccc1F)C(=O)CCCN(c1ccc(OC)c(Cl)c1)S(C)(=O)=O. The smallest absolute Gasteiger partial charge is 0.242 e. The van der Waals surface area contributed by atoms with E-state index in [2.05, 4.69) is 5.32 Å². The van der Waals surface area contributed by atoms with E-state index >= 15 is 0 Å². The first-order valence-electron chi connectivity index (χ1n) is 11.1. The molecule has 0 saturated carbocycles. The fraction of sp³-hybridized carbons (Fsp3) is 0.417. The third kappa shape index (κ3) is 7.83. The number of hydrogen-bond acceptors (Lipinski definition) is 5. The lowest BCUT2D eigenvalue weighted by molar-refractivity contribution is -0.140. The number of methoxy groups -OCH3 is 1. The molecule has 0 fully saturated rings. The van der Waals surface area contributed by atoms with E-state index in [1.54, 1.807) is 44.2 Å². The van der Waals surface area contributed by atoms with Gasteiger partial charge >= 0.3 is 0 Å². The predicted molar refractivity (Wildman–Crippen MR) is 135 cm³/mol. The first-order valence-corrected chi connectivity index (χ1v) is 13.3. The van der Waals surface area contributed by atoms with Crippen LogP contribution in [0.15, 0.2) is 42.5 Å². The number of carbonyl (C=O) groups excluding carboxylic acids is 2. The Labute approximate surface area is 211 Å². The second kappa shape index (κ2) is 12.7. The molecule has 0 spiro atoms. The minimum Gasteiger partial charge on any atom is -0.495 e. The summed E-state index contributed by atoms with van der Waals surface area (Å²) < 4.78 is 45.4. The van der Waals surface area contributed by atoms with Gasteiger partial charge in [-0.3, -0.25) is 13.9 Å². The van der Waals surface area contributed by atoms with E-state index in [9.17, 15) is 22.4 Å². The van der Waals surface area contributed by atoms with Crippen LogP contribution in [0.5, 0.6) is 5.75 Å². The number of sulfonamides is 1. The summed E-state index contributed by atoms with van der Waals surface area (Å²) in [6.07, 6.45) is 1.19. The third-order valence-electron chi connectivity index (χ3n) is 5.39. The molecule has 0 saturated heterocycles. The Balaban J connectivity index is 2.19. The van der Waals surface area contributed by atoms with Crippen LogP contribution in [0, 0.1) is 5.82 Å². The Hall–Kier alpha value is -2.85. The Kier molecular flexibility index (Phi) is 10.3. The summed E-state index contributed by atoms with van der Waals surface area (Å²) in [5.41, 5.74) is 0.618. The quantitative estimate of drug-likeness (QED) is 0.455. The summed E-state index contributed by atoms with van der Waals surface area (Å²) in [7, 11) is -2.21. The highest BCUT2D eigenvalue weighted by atomic mass is 35.5. The number of halogens is 2. The summed E-state index contributed by atoms with van der Waals surface area (Å²) in [5.74, 6) is -0.828. The normalized spacial score (nSPS) is 12.1. The monoisotopic (exact) mass is 527 g/mol. The van der Waals surface area contributed by atoms with Crippen molar-refractivity contribution >= 4 is 39.1 Å². The first kappa shape index (κ1) is 28.4. The van der Waals surface area contributed by atoms with Crippen molar-refractivity contribution in [3.05, 3.63) is 58.9 Å². The van der Waals surface area contributed by atoms with E-state index in [0.29, 0.717) is 18.0 Å². The van der Waals surface area contributed by atoms with Gasteiger partial charge in [0.1, 0.15) is 17.6 Å². The van der Waals surface area contributed by atoms with E-state index in [-0.39, 0.29) is 42.4 Å². The molecule has 0 radical (unpaired) electrons. The Morgan fingerprint density at radius 3 is 2.46 bits per heavy atom. The zero-order valence-corrected chi connectivity index (χ0v) is 21.8. The molecule has 35 heavy (non-hydrogen) atoms. The highest BCUT2D eigenvalue weighted by Crippen LogP contribution is 2.30. The third-order valence-corrected chi connectivity index (χ3v) is 6.88. The standard InChI is InChI=1S/C24H31ClFN3O5S/c1-5-27-24(31)17(2)28(16-18-9-6-7-10-21(18)26)23(30)11-8-14-29(35(4,32)33)19-12-13-22(34-3)20(25)15-19/h6-7,9-10,12-13,15,17H,5,8,11,14,16H2,1-4H3,(H,27,31). The molecule has 0 heterocycles. The van der Waals surface area contributed by atoms with Gasteiger partial charge < -0.3 is 15.0 Å². The van der Waals surface area contributed by atoms with E-state index in [4.69, 9.17) is 16.3 Å². The molecule has 8 nitrogen and oxygen atoms in total. The second-order valence-corrected chi connectivity index (χ2v) is 10.3. The molecule has 1 N–H and O–H groups in total. The van der Waals surface area contributed by atoms with Crippen LogP contribution in [0.1, 0.15) is 32.3 Å². The fourth-order valence-corrected chi connectivity index (χ4v) is 4.74. The number of nitrogens with zero attached hydrogens (tertiary/aromatic N) is 2. The molecule has 0 aliphatic rings. The van der Waals surface area contributed by atoms with Crippen LogP contribution in [0.4, 0.5) is 10.1 Å². The van der Waals surface area contributed by atoms with Gasteiger partial charge in [0.15, 0.2) is 0 Å². The van der Waals surface area contributed by atoms with Gasteiger partial charge in [-0.25, -0.2) is 12.8 Å². The zero-order chi connectivity index (χ0) is 26.2. The van der Waals surface area contributed by atoms with Crippen LogP contribution < -0.4 is 14.4 Å². The first-order chi connectivity index (χ1) is 16.5. The maximum Gasteiger partial charge on any atom is 0.242 e. The van der Waals surface area contributed by atoms with Crippen LogP contribution >= 0.6 is 11.6 Å². The molecule has 0 aromatic heterocycles. The van der Waals surface area contributed by atoms with Crippen molar-refractivity contribution < 1.29 is 27.1 Å². The van der Waals surface area contributed by atoms with Crippen LogP contribution in [-0.4, -0.2) is 57.6 Å². The maximum absolute atomic E-state index is 14.3. The lowest BCUT2D eigenvalue weighted by atomic mass is 10.1. The van der Waals surface area contributed by atoms with Crippen LogP contribution in [0.3, 0.4) is 0 Å². The summed E-state index contributed by atoms with van der Waals surface area (Å²) in [6, 6.07) is 9.81. The average Bonchev–Trinajstić information content (AvgIpc) is 2.80. The van der Waals surface area contributed by atoms with Gasteiger partial charge in [-0.2, -0.15) is 0 Å². The highest BCUT2D eigenvalue weighted by molar-refractivity contribution is 7.92. The average molecular weight is 528 g/mol. The van der Waals surface area contributed by atoms with Crippen molar-refractivity contribution in [1.29, 1.82) is 0 Å². The summed E-state index contributed by atoms with van der Waals surface area (Å²) >= 11 is 6.15. The van der Waals surface area contributed by atoms with Crippen molar-refractivity contribution in [2.45, 2.75) is 39.3 Å². The molecular weight excluding hydrogens is 497 g/mol. The highest BCUT2D eigenvalue weighted by Gasteiger charge is 2.27. The van der Waals surface area contributed by atoms with Gasteiger partial charge in [0.05, 0.1) is 24.1 Å². The molecule has 11 heteroatoms. The van der Waals surface area contributed by atoms with Crippen molar-refractivity contribution in [3.63, 3.8) is 0 Å². The van der Waals surface area contributed by atoms with E-state index < -0.39 is 27.8 Å². The molecular formula is C24H31ClFN3O5S. The molecule has 2 aromatic carbocycles. The largest absolute Gasteiger partial charge is 0.495 e. The second-order valence-electron chi connectivity index (χ2n) is 7.94. The van der Waals surface area contributed by atoms with E-state index in [0.717, 1.165) is 10.6 Å². The number of amides is 2. The Morgan fingerprint density at radius 2 is 1.89 bits per heavy atom. The van der Waals surface area contributed by atoms with Crippen LogP contribution in [0.25, 0.3) is 0 Å². The van der Waals surface area contributed by atoms with Gasteiger partial charge in [0.2, 0.25) is 21.8 Å². The van der Waals surface area contributed by atoms with Gasteiger partial charge in [-0.15, -0.1) is 0 Å². The topological polar surface area (TPSA) is 96.0 Å². The fourth-order valence-electron chi connectivity index (χ4n) is 3.53. The zero-order valence-electron chi connectivity index (χ0n) is 20.3.